The van der Waals surface area contributed by atoms with Crippen molar-refractivity contribution in [3.8, 4) is 0 Å². The average molecular weight is 389 g/mol. The number of amides is 2. The summed E-state index contributed by atoms with van der Waals surface area (Å²) in [4.78, 5) is 26.6. The summed E-state index contributed by atoms with van der Waals surface area (Å²) in [7, 11) is 3.89. The number of nitrogens with one attached hydrogen (secondary N) is 2. The van der Waals surface area contributed by atoms with Gasteiger partial charge in [-0.05, 0) is 31.3 Å². The first kappa shape index (κ1) is 19.3. The molecule has 1 aromatic heterocycles. The number of benzene rings is 1. The normalized spacial score (nSPS) is 15.5. The molecule has 1 fully saturated rings. The molecule has 0 bridgehead atoms. The van der Waals surface area contributed by atoms with Crippen LogP contribution < -0.4 is 10.7 Å². The highest BCUT2D eigenvalue weighted by molar-refractivity contribution is 7.99. The van der Waals surface area contributed by atoms with Crippen molar-refractivity contribution < 1.29 is 9.59 Å². The maximum absolute atomic E-state index is 12.3. The van der Waals surface area contributed by atoms with Gasteiger partial charge >= 0.3 is 0 Å². The lowest BCUT2D eigenvalue weighted by molar-refractivity contribution is -0.113. The Morgan fingerprint density at radius 3 is 2.44 bits per heavy atom. The number of carbonyl (C=O) groups is 2. The summed E-state index contributed by atoms with van der Waals surface area (Å²) < 4.78 is 1.76. The molecule has 9 nitrogen and oxygen atoms in total. The largest absolute Gasteiger partial charge is 0.325 e. The van der Waals surface area contributed by atoms with Gasteiger partial charge in [0.05, 0.1) is 5.75 Å². The van der Waals surface area contributed by atoms with E-state index in [0.717, 1.165) is 26.2 Å². The minimum atomic E-state index is -0.143. The fraction of sp³-hybridized carbons (Fsp3) is 0.412. The van der Waals surface area contributed by atoms with Gasteiger partial charge < -0.3 is 14.8 Å². The highest BCUT2D eigenvalue weighted by Gasteiger charge is 2.16. The van der Waals surface area contributed by atoms with E-state index in [0.29, 0.717) is 16.4 Å². The zero-order valence-electron chi connectivity index (χ0n) is 15.4. The lowest BCUT2D eigenvalue weighted by Crippen LogP contribution is -2.52. The maximum Gasteiger partial charge on any atom is 0.265 e. The van der Waals surface area contributed by atoms with E-state index in [1.807, 2.05) is 12.1 Å². The number of aryl methyl sites for hydroxylation is 1. The molecule has 10 heteroatoms. The Balaban J connectivity index is 1.47. The molecule has 2 heterocycles. The third-order valence-corrected chi connectivity index (χ3v) is 5.23. The third kappa shape index (κ3) is 5.52. The molecule has 3 rings (SSSR count). The zero-order valence-corrected chi connectivity index (χ0v) is 16.2. The van der Waals surface area contributed by atoms with Crippen molar-refractivity contribution in [1.82, 2.24) is 30.1 Å². The predicted molar refractivity (Wildman–Crippen MR) is 103 cm³/mol. The standard InChI is InChI=1S/C17H23N7O2S/c1-22-7-9-24(10-8-22)21-16(26)13-3-5-14(6-4-13)19-15(25)11-27-17-20-18-12-23(17)2/h3-6,12H,7-11H2,1-2H3,(H,19,25)(H,21,26). The van der Waals surface area contributed by atoms with E-state index in [9.17, 15) is 9.59 Å². The lowest BCUT2D eigenvalue weighted by Gasteiger charge is -2.32. The van der Waals surface area contributed by atoms with Gasteiger partial charge in [0.25, 0.3) is 5.91 Å². The molecule has 0 aliphatic carbocycles. The van der Waals surface area contributed by atoms with Gasteiger partial charge in [-0.2, -0.15) is 0 Å². The van der Waals surface area contributed by atoms with Crippen LogP contribution in [0.2, 0.25) is 0 Å². The third-order valence-electron chi connectivity index (χ3n) is 4.20. The van der Waals surface area contributed by atoms with Gasteiger partial charge in [0.15, 0.2) is 5.16 Å². The molecule has 0 unspecified atom stereocenters. The number of anilines is 1. The van der Waals surface area contributed by atoms with Crippen molar-refractivity contribution in [2.24, 2.45) is 7.05 Å². The van der Waals surface area contributed by atoms with Crippen LogP contribution >= 0.6 is 11.8 Å². The first-order chi connectivity index (χ1) is 13.0. The molecule has 1 aromatic carbocycles. The van der Waals surface area contributed by atoms with Crippen LogP contribution in [0.1, 0.15) is 10.4 Å². The topological polar surface area (TPSA) is 95.4 Å². The molecule has 1 aliphatic rings. The zero-order chi connectivity index (χ0) is 19.2. The average Bonchev–Trinajstić information content (AvgIpc) is 3.07. The van der Waals surface area contributed by atoms with Crippen LogP contribution in [0.25, 0.3) is 0 Å². The first-order valence-corrected chi connectivity index (χ1v) is 9.61. The van der Waals surface area contributed by atoms with Crippen LogP contribution in [0, 0.1) is 0 Å². The SMILES string of the molecule is CN1CCN(NC(=O)c2ccc(NC(=O)CSc3nncn3C)cc2)CC1. The molecular formula is C17H23N7O2S. The molecule has 27 heavy (non-hydrogen) atoms. The lowest BCUT2D eigenvalue weighted by atomic mass is 10.2. The van der Waals surface area contributed by atoms with Crippen LogP contribution in [0.15, 0.2) is 35.7 Å². The number of carbonyl (C=O) groups excluding carboxylic acids is 2. The quantitative estimate of drug-likeness (QED) is 0.692. The molecule has 0 spiro atoms. The summed E-state index contributed by atoms with van der Waals surface area (Å²) in [5, 5.41) is 13.1. The van der Waals surface area contributed by atoms with Crippen LogP contribution in [0.3, 0.4) is 0 Å². The molecule has 0 radical (unpaired) electrons. The van der Waals surface area contributed by atoms with Crippen LogP contribution in [-0.4, -0.2) is 75.5 Å². The molecule has 2 N–H and O–H groups in total. The number of aromatic nitrogens is 3. The van der Waals surface area contributed by atoms with Gasteiger partial charge in [-0.3, -0.25) is 15.0 Å². The number of rotatable bonds is 6. The van der Waals surface area contributed by atoms with Crippen molar-refractivity contribution in [3.63, 3.8) is 0 Å². The van der Waals surface area contributed by atoms with Gasteiger partial charge in [-0.1, -0.05) is 11.8 Å². The second-order valence-electron chi connectivity index (χ2n) is 6.37. The fourth-order valence-corrected chi connectivity index (χ4v) is 3.25. The molecular weight excluding hydrogens is 366 g/mol. The molecule has 2 amide bonds. The van der Waals surface area contributed by atoms with Gasteiger partial charge in [0.1, 0.15) is 6.33 Å². The van der Waals surface area contributed by atoms with Gasteiger partial charge in [-0.15, -0.1) is 10.2 Å². The van der Waals surface area contributed by atoms with Crippen molar-refractivity contribution in [2.75, 3.05) is 44.3 Å². The smallest absolute Gasteiger partial charge is 0.265 e. The Hall–Kier alpha value is -2.43. The molecule has 144 valence electrons. The number of hydrazine groups is 1. The second kappa shape index (κ2) is 8.98. The Morgan fingerprint density at radius 2 is 1.81 bits per heavy atom. The van der Waals surface area contributed by atoms with E-state index in [4.69, 9.17) is 0 Å². The van der Waals surface area contributed by atoms with E-state index in [1.165, 1.54) is 11.8 Å². The number of piperazine rings is 1. The molecule has 0 saturated carbocycles. The molecule has 1 aliphatic heterocycles. The van der Waals surface area contributed by atoms with Crippen molar-refractivity contribution in [1.29, 1.82) is 0 Å². The van der Waals surface area contributed by atoms with Gasteiger partial charge in [-0.25, -0.2) is 5.01 Å². The van der Waals surface area contributed by atoms with Gasteiger partial charge in [0, 0.05) is 44.5 Å². The summed E-state index contributed by atoms with van der Waals surface area (Å²) in [6.07, 6.45) is 1.59. The number of hydrogen-bond acceptors (Lipinski definition) is 7. The molecule has 2 aromatic rings. The number of nitrogens with zero attached hydrogens (tertiary/aromatic N) is 5. The Morgan fingerprint density at radius 1 is 1.11 bits per heavy atom. The fourth-order valence-electron chi connectivity index (χ4n) is 2.56. The van der Waals surface area contributed by atoms with E-state index < -0.39 is 0 Å². The number of likely N-dealkylation sites (N-methyl/N-ethyl adjacent to an activating group) is 1. The summed E-state index contributed by atoms with van der Waals surface area (Å²) in [5.41, 5.74) is 4.12. The summed E-state index contributed by atoms with van der Waals surface area (Å²) in [6, 6.07) is 6.86. The first-order valence-electron chi connectivity index (χ1n) is 8.62. The maximum atomic E-state index is 12.3. The number of thioether (sulfide) groups is 1. The monoisotopic (exact) mass is 389 g/mol. The minimum Gasteiger partial charge on any atom is -0.325 e. The van der Waals surface area contributed by atoms with Crippen LogP contribution in [-0.2, 0) is 11.8 Å². The van der Waals surface area contributed by atoms with Crippen molar-refractivity contribution in [2.45, 2.75) is 5.16 Å². The summed E-state index contributed by atoms with van der Waals surface area (Å²) in [6.45, 7) is 3.47. The Labute approximate surface area is 162 Å². The highest BCUT2D eigenvalue weighted by Crippen LogP contribution is 2.15. The van der Waals surface area contributed by atoms with Crippen LogP contribution in [0.5, 0.6) is 0 Å². The van der Waals surface area contributed by atoms with Crippen LogP contribution in [0.4, 0.5) is 5.69 Å². The Bertz CT molecular complexity index is 785. The van der Waals surface area contributed by atoms with Crippen molar-refractivity contribution in [3.05, 3.63) is 36.2 Å². The number of hydrogen-bond donors (Lipinski definition) is 2. The molecule has 0 atom stereocenters. The summed E-state index contributed by atoms with van der Waals surface area (Å²) >= 11 is 1.31. The second-order valence-corrected chi connectivity index (χ2v) is 7.31. The summed E-state index contributed by atoms with van der Waals surface area (Å²) in [5.74, 6) is -0.0500. The van der Waals surface area contributed by atoms with Crippen molar-refractivity contribution >= 4 is 29.3 Å². The Kier molecular flexibility index (Phi) is 6.43. The van der Waals surface area contributed by atoms with E-state index >= 15 is 0 Å². The van der Waals surface area contributed by atoms with E-state index in [-0.39, 0.29) is 17.6 Å². The predicted octanol–water partition coefficient (Wildman–Crippen LogP) is 0.438. The molecule has 1 saturated heterocycles. The van der Waals surface area contributed by atoms with E-state index in [2.05, 4.69) is 32.9 Å². The van der Waals surface area contributed by atoms with Gasteiger partial charge in [0.2, 0.25) is 5.91 Å². The van der Waals surface area contributed by atoms with E-state index in [1.54, 1.807) is 35.2 Å². The minimum absolute atomic E-state index is 0.141. The highest BCUT2D eigenvalue weighted by atomic mass is 32.2.